The minimum absolute atomic E-state index is 0.366. The van der Waals surface area contributed by atoms with E-state index in [0.717, 1.165) is 28.1 Å². The molecule has 1 amide bonds. The van der Waals surface area contributed by atoms with Crippen LogP contribution in [0.1, 0.15) is 6.92 Å². The van der Waals surface area contributed by atoms with Crippen LogP contribution in [0, 0.1) is 0 Å². The van der Waals surface area contributed by atoms with E-state index < -0.39 is 30.2 Å². The molecule has 0 fully saturated rings. The largest absolute Gasteiger partial charge is 0.408 e. The van der Waals surface area contributed by atoms with E-state index in [1.807, 2.05) is 48.6 Å². The van der Waals surface area contributed by atoms with Crippen LogP contribution in [-0.4, -0.2) is 39.5 Å². The summed E-state index contributed by atoms with van der Waals surface area (Å²) in [5, 5.41) is 8.09. The molecule has 10 heteroatoms. The average molecular weight is 457 g/mol. The number of anilines is 2. The summed E-state index contributed by atoms with van der Waals surface area (Å²) in [4.78, 5) is 27.2. The molecular formula is C23H22F3N5O2. The third kappa shape index (κ3) is 4.28. The monoisotopic (exact) mass is 457 g/mol. The van der Waals surface area contributed by atoms with E-state index in [1.54, 1.807) is 29.1 Å². The molecule has 172 valence electrons. The number of aryl methyl sites for hydroxylation is 1. The van der Waals surface area contributed by atoms with Crippen LogP contribution < -0.4 is 15.8 Å². The van der Waals surface area contributed by atoms with E-state index in [-0.39, 0.29) is 0 Å². The van der Waals surface area contributed by atoms with Gasteiger partial charge in [-0.05, 0) is 42.6 Å². The SMILES string of the molecule is C[C@H](NC(=O)Cn1ccc2cccc(N(C)c3ccc4c(cnn4C)c3)c2c1=O)C(F)(F)F. The minimum Gasteiger partial charge on any atom is -0.344 e. The van der Waals surface area contributed by atoms with Crippen molar-refractivity contribution in [1.29, 1.82) is 0 Å². The first-order valence-electron chi connectivity index (χ1n) is 10.2. The van der Waals surface area contributed by atoms with Crippen molar-refractivity contribution in [3.8, 4) is 0 Å². The quantitative estimate of drug-likeness (QED) is 0.496. The molecule has 1 atom stereocenters. The average Bonchev–Trinajstić information content (AvgIpc) is 3.14. The Hall–Kier alpha value is -3.82. The summed E-state index contributed by atoms with van der Waals surface area (Å²) in [6.45, 7) is 0.335. The first-order chi connectivity index (χ1) is 15.6. The van der Waals surface area contributed by atoms with Gasteiger partial charge in [0, 0.05) is 31.4 Å². The summed E-state index contributed by atoms with van der Waals surface area (Å²) in [7, 11) is 3.67. The van der Waals surface area contributed by atoms with Crippen molar-refractivity contribution < 1.29 is 18.0 Å². The highest BCUT2D eigenvalue weighted by molar-refractivity contribution is 5.96. The van der Waals surface area contributed by atoms with E-state index in [1.165, 1.54) is 6.20 Å². The summed E-state index contributed by atoms with van der Waals surface area (Å²) < 4.78 is 41.1. The second kappa shape index (κ2) is 8.27. The highest BCUT2D eigenvalue weighted by Gasteiger charge is 2.36. The Morgan fingerprint density at radius 1 is 1.18 bits per heavy atom. The Morgan fingerprint density at radius 2 is 1.94 bits per heavy atom. The molecule has 33 heavy (non-hydrogen) atoms. The van der Waals surface area contributed by atoms with Crippen LogP contribution in [0.25, 0.3) is 21.7 Å². The third-order valence-electron chi connectivity index (χ3n) is 5.64. The Labute approximate surface area is 187 Å². The number of fused-ring (bicyclic) bond motifs is 2. The van der Waals surface area contributed by atoms with Crippen LogP contribution in [0.5, 0.6) is 0 Å². The fourth-order valence-corrected chi connectivity index (χ4v) is 3.74. The molecule has 2 heterocycles. The van der Waals surface area contributed by atoms with Crippen molar-refractivity contribution >= 4 is 39.0 Å². The molecule has 0 saturated heterocycles. The van der Waals surface area contributed by atoms with Crippen LogP contribution in [0.2, 0.25) is 0 Å². The van der Waals surface area contributed by atoms with Gasteiger partial charge in [-0.25, -0.2) is 0 Å². The molecule has 0 aliphatic rings. The van der Waals surface area contributed by atoms with Gasteiger partial charge in [-0.2, -0.15) is 18.3 Å². The molecule has 4 aromatic rings. The second-order valence-corrected chi connectivity index (χ2v) is 7.89. The number of halogens is 3. The molecule has 0 aliphatic carbocycles. The lowest BCUT2D eigenvalue weighted by atomic mass is 10.1. The number of hydrogen-bond donors (Lipinski definition) is 1. The van der Waals surface area contributed by atoms with E-state index >= 15 is 0 Å². The molecule has 0 radical (unpaired) electrons. The van der Waals surface area contributed by atoms with Crippen LogP contribution in [0.15, 0.2) is 59.7 Å². The number of nitrogens with one attached hydrogen (secondary N) is 1. The molecule has 0 bridgehead atoms. The Bertz CT molecular complexity index is 1410. The van der Waals surface area contributed by atoms with Gasteiger partial charge in [0.15, 0.2) is 0 Å². The zero-order chi connectivity index (χ0) is 23.9. The maximum Gasteiger partial charge on any atom is 0.408 e. The first-order valence-corrected chi connectivity index (χ1v) is 10.2. The summed E-state index contributed by atoms with van der Waals surface area (Å²) >= 11 is 0. The smallest absolute Gasteiger partial charge is 0.344 e. The van der Waals surface area contributed by atoms with Gasteiger partial charge in [0.25, 0.3) is 5.56 Å². The van der Waals surface area contributed by atoms with Gasteiger partial charge in [0.2, 0.25) is 5.91 Å². The van der Waals surface area contributed by atoms with E-state index in [9.17, 15) is 22.8 Å². The zero-order valence-corrected chi connectivity index (χ0v) is 18.2. The van der Waals surface area contributed by atoms with Crippen LogP contribution in [0.3, 0.4) is 0 Å². The van der Waals surface area contributed by atoms with E-state index in [2.05, 4.69) is 5.10 Å². The summed E-state index contributed by atoms with van der Waals surface area (Å²) in [6.07, 6.45) is -1.40. The molecule has 2 aromatic heterocycles. The predicted octanol–water partition coefficient (Wildman–Crippen LogP) is 3.72. The van der Waals surface area contributed by atoms with E-state index in [0.29, 0.717) is 16.5 Å². The van der Waals surface area contributed by atoms with Gasteiger partial charge in [-0.15, -0.1) is 0 Å². The number of carbonyl (C=O) groups excluding carboxylic acids is 1. The molecular weight excluding hydrogens is 435 g/mol. The number of rotatable bonds is 5. The number of carbonyl (C=O) groups is 1. The van der Waals surface area contributed by atoms with Gasteiger partial charge < -0.3 is 14.8 Å². The van der Waals surface area contributed by atoms with Gasteiger partial charge in [0.1, 0.15) is 12.6 Å². The Kier molecular flexibility index (Phi) is 5.61. The normalized spacial score (nSPS) is 12.8. The number of pyridine rings is 1. The van der Waals surface area contributed by atoms with Crippen molar-refractivity contribution in [1.82, 2.24) is 19.7 Å². The van der Waals surface area contributed by atoms with Crippen LogP contribution >= 0.6 is 0 Å². The maximum absolute atomic E-state index is 13.2. The summed E-state index contributed by atoms with van der Waals surface area (Å²) in [5.41, 5.74) is 1.94. The van der Waals surface area contributed by atoms with Gasteiger partial charge in [-0.1, -0.05) is 12.1 Å². The van der Waals surface area contributed by atoms with Crippen molar-refractivity contribution in [3.63, 3.8) is 0 Å². The highest BCUT2D eigenvalue weighted by atomic mass is 19.4. The van der Waals surface area contributed by atoms with E-state index in [4.69, 9.17) is 0 Å². The topological polar surface area (TPSA) is 72.2 Å². The Morgan fingerprint density at radius 3 is 2.67 bits per heavy atom. The number of nitrogens with zero attached hydrogens (tertiary/aromatic N) is 4. The number of amides is 1. The molecule has 0 aliphatic heterocycles. The highest BCUT2D eigenvalue weighted by Crippen LogP contribution is 2.31. The molecule has 1 N–H and O–H groups in total. The van der Waals surface area contributed by atoms with Crippen LogP contribution in [-0.2, 0) is 18.4 Å². The fourth-order valence-electron chi connectivity index (χ4n) is 3.74. The number of alkyl halides is 3. The standard InChI is InChI=1S/C23H22F3N5O2/c1-14(23(24,25)26)28-20(32)13-31-10-9-15-5-4-6-19(21(15)22(31)33)29(2)17-7-8-18-16(11-17)12-27-30(18)3/h4-12,14H,13H2,1-3H3,(H,28,32)/t14-/m0/s1. The van der Waals surface area contributed by atoms with Crippen molar-refractivity contribution in [2.75, 3.05) is 11.9 Å². The lowest BCUT2D eigenvalue weighted by Crippen LogP contribution is -2.45. The van der Waals surface area contributed by atoms with Crippen LogP contribution in [0.4, 0.5) is 24.5 Å². The fraction of sp³-hybridized carbons (Fsp3) is 0.261. The van der Waals surface area contributed by atoms with Gasteiger partial charge in [-0.3, -0.25) is 14.3 Å². The molecule has 0 saturated carbocycles. The van der Waals surface area contributed by atoms with Crippen molar-refractivity contribution in [3.05, 3.63) is 65.2 Å². The lowest BCUT2D eigenvalue weighted by Gasteiger charge is -2.22. The maximum atomic E-state index is 13.2. The second-order valence-electron chi connectivity index (χ2n) is 7.89. The molecule has 4 rings (SSSR count). The molecule has 0 spiro atoms. The van der Waals surface area contributed by atoms with Gasteiger partial charge in [0.05, 0.1) is 22.8 Å². The predicted molar refractivity (Wildman–Crippen MR) is 121 cm³/mol. The third-order valence-corrected chi connectivity index (χ3v) is 5.64. The molecule has 2 aromatic carbocycles. The summed E-state index contributed by atoms with van der Waals surface area (Å²) in [6, 6.07) is 10.8. The molecule has 7 nitrogen and oxygen atoms in total. The Balaban J connectivity index is 1.70. The first kappa shape index (κ1) is 22.4. The zero-order valence-electron chi connectivity index (χ0n) is 18.2. The van der Waals surface area contributed by atoms with Crippen molar-refractivity contribution in [2.45, 2.75) is 25.7 Å². The van der Waals surface area contributed by atoms with Gasteiger partial charge >= 0.3 is 6.18 Å². The molecule has 0 unspecified atom stereocenters. The van der Waals surface area contributed by atoms with Crippen molar-refractivity contribution in [2.24, 2.45) is 7.05 Å². The summed E-state index contributed by atoms with van der Waals surface area (Å²) in [5.74, 6) is -0.894. The number of benzene rings is 2. The lowest BCUT2D eigenvalue weighted by molar-refractivity contribution is -0.158. The number of hydrogen-bond acceptors (Lipinski definition) is 4. The number of aromatic nitrogens is 3. The minimum atomic E-state index is -4.56.